The number of amides is 1. The van der Waals surface area contributed by atoms with E-state index in [0.717, 1.165) is 40.7 Å². The largest absolute Gasteiger partial charge is 0.496 e. The van der Waals surface area contributed by atoms with E-state index in [1.54, 1.807) is 14.0 Å². The van der Waals surface area contributed by atoms with Crippen LogP contribution in [0.15, 0.2) is 53.9 Å². The number of carbonyl (C=O) groups excluding carboxylic acids is 2. The van der Waals surface area contributed by atoms with Crippen molar-refractivity contribution in [3.05, 3.63) is 70.7 Å². The fourth-order valence-electron chi connectivity index (χ4n) is 4.35. The zero-order chi connectivity index (χ0) is 25.2. The van der Waals surface area contributed by atoms with Gasteiger partial charge in [0.15, 0.2) is 11.2 Å². The van der Waals surface area contributed by atoms with Crippen LogP contribution in [0.3, 0.4) is 0 Å². The number of nitrogens with zero attached hydrogens (tertiary/aromatic N) is 3. The van der Waals surface area contributed by atoms with E-state index in [0.29, 0.717) is 28.7 Å². The minimum absolute atomic E-state index is 0.414. The van der Waals surface area contributed by atoms with E-state index in [2.05, 4.69) is 15.2 Å². The van der Waals surface area contributed by atoms with Crippen LogP contribution in [0.1, 0.15) is 28.5 Å². The highest BCUT2D eigenvalue weighted by molar-refractivity contribution is 7.14. The quantitative estimate of drug-likeness (QED) is 0.387. The minimum atomic E-state index is -1.01. The van der Waals surface area contributed by atoms with Crippen LogP contribution >= 0.6 is 11.3 Å². The fourth-order valence-corrected chi connectivity index (χ4v) is 5.06. The normalized spacial score (nSPS) is 14.2. The third-order valence-electron chi connectivity index (χ3n) is 6.21. The third kappa shape index (κ3) is 4.67. The van der Waals surface area contributed by atoms with Crippen molar-refractivity contribution in [2.24, 2.45) is 0 Å². The minimum Gasteiger partial charge on any atom is -0.496 e. The first kappa shape index (κ1) is 23.9. The van der Waals surface area contributed by atoms with Gasteiger partial charge < -0.3 is 14.4 Å². The molecular formula is C27H26N4O4S. The Morgan fingerprint density at radius 3 is 2.72 bits per heavy atom. The van der Waals surface area contributed by atoms with Gasteiger partial charge in [0.1, 0.15) is 5.75 Å². The highest BCUT2D eigenvalue weighted by Gasteiger charge is 2.28. The fraction of sp³-hybridized carbons (Fsp3) is 0.259. The molecule has 1 aliphatic heterocycles. The molecule has 2 aromatic heterocycles. The summed E-state index contributed by atoms with van der Waals surface area (Å²) in [5.41, 5.74) is 4.52. The average Bonchev–Trinajstić information content (AvgIpc) is 3.35. The van der Waals surface area contributed by atoms with Crippen LogP contribution in [-0.2, 0) is 22.5 Å². The summed E-state index contributed by atoms with van der Waals surface area (Å²) in [6.07, 6.45) is -0.258. The summed E-state index contributed by atoms with van der Waals surface area (Å²) in [5.74, 6) is -0.285. The molecule has 0 spiro atoms. The zero-order valence-electron chi connectivity index (χ0n) is 20.3. The van der Waals surface area contributed by atoms with Gasteiger partial charge >= 0.3 is 5.97 Å². The molecule has 1 N–H and O–H groups in total. The van der Waals surface area contributed by atoms with Crippen LogP contribution < -0.4 is 10.1 Å². The Hall–Kier alpha value is -3.82. The van der Waals surface area contributed by atoms with Gasteiger partial charge in [0.2, 0.25) is 0 Å². The Morgan fingerprint density at radius 2 is 1.89 bits per heavy atom. The number of fused-ring (bicyclic) bond motifs is 2. The Labute approximate surface area is 212 Å². The summed E-state index contributed by atoms with van der Waals surface area (Å²) in [7, 11) is 3.61. The van der Waals surface area contributed by atoms with Crippen molar-refractivity contribution in [3.63, 3.8) is 0 Å². The first-order valence-corrected chi connectivity index (χ1v) is 12.5. The van der Waals surface area contributed by atoms with E-state index >= 15 is 0 Å². The van der Waals surface area contributed by atoms with Crippen LogP contribution in [0.5, 0.6) is 5.75 Å². The zero-order valence-corrected chi connectivity index (χ0v) is 21.1. The van der Waals surface area contributed by atoms with Crippen molar-refractivity contribution in [2.75, 3.05) is 26.0 Å². The van der Waals surface area contributed by atoms with Crippen LogP contribution in [0, 0.1) is 0 Å². The molecule has 2 aromatic carbocycles. The topological polar surface area (TPSA) is 93.6 Å². The van der Waals surface area contributed by atoms with Crippen LogP contribution in [-0.4, -0.2) is 53.6 Å². The second kappa shape index (κ2) is 10.0. The summed E-state index contributed by atoms with van der Waals surface area (Å²) in [4.78, 5) is 37.7. The number of esters is 1. The van der Waals surface area contributed by atoms with Gasteiger partial charge in [0, 0.05) is 47.1 Å². The number of anilines is 1. The molecule has 4 aromatic rings. The molecule has 36 heavy (non-hydrogen) atoms. The van der Waals surface area contributed by atoms with Gasteiger partial charge in [-0.2, -0.15) is 0 Å². The summed E-state index contributed by atoms with van der Waals surface area (Å²) >= 11 is 1.29. The number of para-hydroxylation sites is 2. The van der Waals surface area contributed by atoms with Crippen LogP contribution in [0.2, 0.25) is 0 Å². The summed E-state index contributed by atoms with van der Waals surface area (Å²) < 4.78 is 11.1. The van der Waals surface area contributed by atoms with Gasteiger partial charge in [0.05, 0.1) is 23.9 Å². The number of hydrogen-bond donors (Lipinski definition) is 1. The Balaban J connectivity index is 1.34. The molecule has 1 amide bonds. The van der Waals surface area contributed by atoms with Crippen molar-refractivity contribution in [1.82, 2.24) is 14.9 Å². The van der Waals surface area contributed by atoms with Crippen molar-refractivity contribution in [1.29, 1.82) is 0 Å². The molecule has 0 bridgehead atoms. The molecule has 8 nitrogen and oxygen atoms in total. The number of thiazole rings is 1. The number of pyridine rings is 1. The number of nitrogens with one attached hydrogen (secondary N) is 1. The van der Waals surface area contributed by atoms with E-state index in [1.165, 1.54) is 11.3 Å². The number of aromatic nitrogens is 2. The van der Waals surface area contributed by atoms with E-state index in [1.807, 2.05) is 61.0 Å². The lowest BCUT2D eigenvalue weighted by Gasteiger charge is -2.27. The average molecular weight is 503 g/mol. The molecule has 0 saturated heterocycles. The predicted octanol–water partition coefficient (Wildman–Crippen LogP) is 4.54. The number of hydrogen-bond acceptors (Lipinski definition) is 8. The SMILES string of the molecule is COc1ccccc1-c1csc(NC(=O)C(C)OC(=O)c2c3c(nc4ccccc24)CCN(C)C3)n1. The van der Waals surface area contributed by atoms with Crippen molar-refractivity contribution >= 4 is 39.2 Å². The van der Waals surface area contributed by atoms with E-state index in [4.69, 9.17) is 14.5 Å². The standard InChI is InChI=1S/C27H26N4O4S/c1-16(25(32)30-27-29-22(15-36-27)17-8-5-7-11-23(17)34-3)35-26(33)24-18-9-4-6-10-20(18)28-21-12-13-31(2)14-19(21)24/h4-11,15-16H,12-14H2,1-3H3,(H,29,30,32). The monoisotopic (exact) mass is 502 g/mol. The second-order valence-electron chi connectivity index (χ2n) is 8.69. The Morgan fingerprint density at radius 1 is 1.11 bits per heavy atom. The van der Waals surface area contributed by atoms with Gasteiger partial charge in [-0.25, -0.2) is 9.78 Å². The van der Waals surface area contributed by atoms with E-state index < -0.39 is 18.0 Å². The summed E-state index contributed by atoms with van der Waals surface area (Å²) in [5, 5.41) is 5.75. The molecule has 9 heteroatoms. The Bertz CT molecular complexity index is 1450. The lowest BCUT2D eigenvalue weighted by atomic mass is 9.96. The van der Waals surface area contributed by atoms with Gasteiger partial charge in [-0.3, -0.25) is 15.1 Å². The molecular weight excluding hydrogens is 476 g/mol. The van der Waals surface area contributed by atoms with Gasteiger partial charge in [0.25, 0.3) is 5.91 Å². The van der Waals surface area contributed by atoms with Crippen molar-refractivity contribution in [2.45, 2.75) is 26.0 Å². The highest BCUT2D eigenvalue weighted by atomic mass is 32.1. The van der Waals surface area contributed by atoms with E-state index in [9.17, 15) is 9.59 Å². The maximum absolute atomic E-state index is 13.4. The first-order valence-electron chi connectivity index (χ1n) is 11.6. The smallest absolute Gasteiger partial charge is 0.339 e. The lowest BCUT2D eigenvalue weighted by molar-refractivity contribution is -0.123. The summed E-state index contributed by atoms with van der Waals surface area (Å²) in [6, 6.07) is 15.1. The number of rotatable bonds is 6. The molecule has 0 fully saturated rings. The van der Waals surface area contributed by atoms with Gasteiger partial charge in [-0.15, -0.1) is 11.3 Å². The second-order valence-corrected chi connectivity index (χ2v) is 9.55. The maximum atomic E-state index is 13.4. The molecule has 0 saturated carbocycles. The highest BCUT2D eigenvalue weighted by Crippen LogP contribution is 2.32. The lowest BCUT2D eigenvalue weighted by Crippen LogP contribution is -2.32. The summed E-state index contributed by atoms with van der Waals surface area (Å²) in [6.45, 7) is 3.03. The first-order chi connectivity index (χ1) is 17.4. The van der Waals surface area contributed by atoms with E-state index in [-0.39, 0.29) is 0 Å². The molecule has 0 aliphatic carbocycles. The number of benzene rings is 2. The number of carbonyl (C=O) groups is 2. The Kier molecular flexibility index (Phi) is 6.67. The number of likely N-dealkylation sites (N-methyl/N-ethyl adjacent to an activating group) is 1. The number of methoxy groups -OCH3 is 1. The van der Waals surface area contributed by atoms with Crippen molar-refractivity contribution in [3.8, 4) is 17.0 Å². The molecule has 1 atom stereocenters. The molecule has 3 heterocycles. The third-order valence-corrected chi connectivity index (χ3v) is 6.97. The number of ether oxygens (including phenoxy) is 2. The van der Waals surface area contributed by atoms with Gasteiger partial charge in [-0.1, -0.05) is 30.3 Å². The molecule has 1 unspecified atom stereocenters. The molecule has 0 radical (unpaired) electrons. The molecule has 184 valence electrons. The predicted molar refractivity (Wildman–Crippen MR) is 139 cm³/mol. The molecule has 1 aliphatic rings. The van der Waals surface area contributed by atoms with Gasteiger partial charge in [-0.05, 0) is 32.2 Å². The van der Waals surface area contributed by atoms with Crippen LogP contribution in [0.25, 0.3) is 22.2 Å². The maximum Gasteiger partial charge on any atom is 0.339 e. The van der Waals surface area contributed by atoms with Crippen molar-refractivity contribution < 1.29 is 19.1 Å². The molecule has 5 rings (SSSR count). The van der Waals surface area contributed by atoms with Crippen LogP contribution in [0.4, 0.5) is 5.13 Å².